The fourth-order valence-electron chi connectivity index (χ4n) is 4.04. The summed E-state index contributed by atoms with van der Waals surface area (Å²) in [6.07, 6.45) is -0.217. The standard InChI is InChI=1S/C26H23F2NO5/c1-26(2)33-13-17(34-26)12-31-23-5-3-4-18-20(23)14-32-24-11-16(7-8-19(24)25(18)30)29-22-9-6-15(27)10-21(22)28/h3-11,17,29H,12-14H2,1-2H3/t17-/m1/s1. The molecule has 0 saturated carbocycles. The molecule has 0 bridgehead atoms. The van der Waals surface area contributed by atoms with E-state index in [1.807, 2.05) is 13.8 Å². The van der Waals surface area contributed by atoms with Gasteiger partial charge in [0.15, 0.2) is 11.6 Å². The fraction of sp³-hybridized carbons (Fsp3) is 0.269. The summed E-state index contributed by atoms with van der Waals surface area (Å²) in [5.74, 6) is -1.33. The first-order valence-electron chi connectivity index (χ1n) is 10.9. The number of benzene rings is 3. The van der Waals surface area contributed by atoms with Crippen molar-refractivity contribution >= 4 is 17.2 Å². The highest BCUT2D eigenvalue weighted by Crippen LogP contribution is 2.35. The van der Waals surface area contributed by atoms with Gasteiger partial charge in [-0.1, -0.05) is 12.1 Å². The van der Waals surface area contributed by atoms with Crippen molar-refractivity contribution in [3.8, 4) is 11.5 Å². The summed E-state index contributed by atoms with van der Waals surface area (Å²) in [5.41, 5.74) is 2.13. The minimum atomic E-state index is -0.721. The topological polar surface area (TPSA) is 66.0 Å². The summed E-state index contributed by atoms with van der Waals surface area (Å²) < 4.78 is 50.5. The van der Waals surface area contributed by atoms with Crippen molar-refractivity contribution in [2.45, 2.75) is 32.3 Å². The minimum absolute atomic E-state index is 0.113. The van der Waals surface area contributed by atoms with Crippen molar-refractivity contribution in [1.82, 2.24) is 0 Å². The molecule has 1 N–H and O–H groups in total. The Morgan fingerprint density at radius 1 is 1.09 bits per heavy atom. The van der Waals surface area contributed by atoms with Crippen LogP contribution in [0.2, 0.25) is 0 Å². The fourth-order valence-corrected chi connectivity index (χ4v) is 4.04. The molecule has 1 atom stereocenters. The third kappa shape index (κ3) is 4.47. The maximum atomic E-state index is 14.0. The van der Waals surface area contributed by atoms with E-state index in [0.717, 1.165) is 12.1 Å². The molecule has 6 nitrogen and oxygen atoms in total. The first kappa shape index (κ1) is 22.3. The Balaban J connectivity index is 1.36. The van der Waals surface area contributed by atoms with Crippen molar-refractivity contribution in [3.05, 3.63) is 82.9 Å². The Labute approximate surface area is 195 Å². The summed E-state index contributed by atoms with van der Waals surface area (Å²) >= 11 is 0. The molecule has 1 fully saturated rings. The Morgan fingerprint density at radius 2 is 1.94 bits per heavy atom. The van der Waals surface area contributed by atoms with Crippen LogP contribution in [0.15, 0.2) is 54.6 Å². The lowest BCUT2D eigenvalue weighted by Gasteiger charge is -2.18. The molecule has 0 amide bonds. The van der Waals surface area contributed by atoms with Crippen LogP contribution in [0.1, 0.15) is 35.3 Å². The van der Waals surface area contributed by atoms with Crippen molar-refractivity contribution in [3.63, 3.8) is 0 Å². The molecule has 5 rings (SSSR count). The molecular formula is C26H23F2NO5. The van der Waals surface area contributed by atoms with Crippen LogP contribution < -0.4 is 14.8 Å². The second-order valence-electron chi connectivity index (χ2n) is 8.62. The Kier molecular flexibility index (Phi) is 5.71. The second kappa shape index (κ2) is 8.70. The van der Waals surface area contributed by atoms with Crippen LogP contribution in [0.25, 0.3) is 0 Å². The first-order valence-corrected chi connectivity index (χ1v) is 10.9. The van der Waals surface area contributed by atoms with Crippen LogP contribution in [-0.4, -0.2) is 30.9 Å². The molecular weight excluding hydrogens is 444 g/mol. The first-order chi connectivity index (χ1) is 16.3. The van der Waals surface area contributed by atoms with Crippen molar-refractivity contribution in [2.75, 3.05) is 18.5 Å². The van der Waals surface area contributed by atoms with Gasteiger partial charge in [-0.25, -0.2) is 8.78 Å². The molecule has 3 aromatic rings. The van der Waals surface area contributed by atoms with Gasteiger partial charge in [-0.15, -0.1) is 0 Å². The van der Waals surface area contributed by atoms with E-state index in [1.165, 1.54) is 6.07 Å². The number of anilines is 2. The SMILES string of the molecule is CC1(C)OC[C@@H](COc2cccc3c2COc2cc(Nc4ccc(F)cc4F)ccc2C3=O)O1. The van der Waals surface area contributed by atoms with Crippen LogP contribution in [0.4, 0.5) is 20.2 Å². The van der Waals surface area contributed by atoms with Crippen molar-refractivity contribution < 1.29 is 32.5 Å². The number of hydrogen-bond donors (Lipinski definition) is 1. The van der Waals surface area contributed by atoms with E-state index < -0.39 is 17.4 Å². The molecule has 34 heavy (non-hydrogen) atoms. The van der Waals surface area contributed by atoms with E-state index in [9.17, 15) is 13.6 Å². The van der Waals surface area contributed by atoms with Gasteiger partial charge < -0.3 is 24.3 Å². The van der Waals surface area contributed by atoms with Gasteiger partial charge in [0, 0.05) is 28.9 Å². The highest BCUT2D eigenvalue weighted by Gasteiger charge is 2.33. The predicted octanol–water partition coefficient (Wildman–Crippen LogP) is 5.36. The van der Waals surface area contributed by atoms with E-state index in [-0.39, 0.29) is 30.8 Å². The molecule has 2 aliphatic heterocycles. The molecule has 0 radical (unpaired) electrons. The number of rotatable bonds is 5. The number of carbonyl (C=O) groups is 1. The molecule has 1 saturated heterocycles. The van der Waals surface area contributed by atoms with Gasteiger partial charge in [-0.3, -0.25) is 4.79 Å². The van der Waals surface area contributed by atoms with Gasteiger partial charge in [0.1, 0.15) is 42.5 Å². The zero-order chi connectivity index (χ0) is 23.9. The summed E-state index contributed by atoms with van der Waals surface area (Å²) in [6.45, 7) is 4.51. The largest absolute Gasteiger partial charge is 0.490 e. The van der Waals surface area contributed by atoms with Gasteiger partial charge in [0.2, 0.25) is 0 Å². The van der Waals surface area contributed by atoms with Gasteiger partial charge in [0.05, 0.1) is 17.9 Å². The van der Waals surface area contributed by atoms with E-state index >= 15 is 0 Å². The highest BCUT2D eigenvalue weighted by molar-refractivity contribution is 6.12. The lowest BCUT2D eigenvalue weighted by atomic mass is 9.98. The summed E-state index contributed by atoms with van der Waals surface area (Å²) in [5, 5.41) is 2.89. The number of halogens is 2. The van der Waals surface area contributed by atoms with Gasteiger partial charge >= 0.3 is 0 Å². The van der Waals surface area contributed by atoms with Crippen LogP contribution in [0.3, 0.4) is 0 Å². The number of carbonyl (C=O) groups excluding carboxylic acids is 1. The van der Waals surface area contributed by atoms with E-state index in [2.05, 4.69) is 5.32 Å². The van der Waals surface area contributed by atoms with E-state index in [4.69, 9.17) is 18.9 Å². The zero-order valence-electron chi connectivity index (χ0n) is 18.7. The quantitative estimate of drug-likeness (QED) is 0.545. The Bertz CT molecular complexity index is 1260. The molecule has 3 aromatic carbocycles. The molecule has 2 heterocycles. The van der Waals surface area contributed by atoms with Crippen LogP contribution in [0.5, 0.6) is 11.5 Å². The maximum Gasteiger partial charge on any atom is 0.197 e. The zero-order valence-corrected chi connectivity index (χ0v) is 18.7. The number of hydrogen-bond acceptors (Lipinski definition) is 6. The average molecular weight is 467 g/mol. The lowest BCUT2D eigenvalue weighted by molar-refractivity contribution is -0.141. The Morgan fingerprint density at radius 3 is 2.71 bits per heavy atom. The van der Waals surface area contributed by atoms with Crippen molar-refractivity contribution in [2.24, 2.45) is 0 Å². The second-order valence-corrected chi connectivity index (χ2v) is 8.62. The van der Waals surface area contributed by atoms with Gasteiger partial charge in [-0.2, -0.15) is 0 Å². The monoisotopic (exact) mass is 467 g/mol. The number of ketones is 1. The third-order valence-electron chi connectivity index (χ3n) is 5.68. The number of fused-ring (bicyclic) bond motifs is 2. The van der Waals surface area contributed by atoms with E-state index in [1.54, 1.807) is 36.4 Å². The summed E-state index contributed by atoms with van der Waals surface area (Å²) in [6, 6.07) is 13.4. The molecule has 0 aromatic heterocycles. The van der Waals surface area contributed by atoms with Crippen LogP contribution in [0, 0.1) is 11.6 Å². The van der Waals surface area contributed by atoms with Crippen LogP contribution in [-0.2, 0) is 16.1 Å². The summed E-state index contributed by atoms with van der Waals surface area (Å²) in [4.78, 5) is 13.3. The molecule has 0 spiro atoms. The third-order valence-corrected chi connectivity index (χ3v) is 5.68. The number of nitrogens with one attached hydrogen (secondary N) is 1. The summed E-state index contributed by atoms with van der Waals surface area (Å²) in [7, 11) is 0. The normalized spacial score (nSPS) is 18.5. The van der Waals surface area contributed by atoms with E-state index in [0.29, 0.717) is 40.5 Å². The average Bonchev–Trinajstić information content (AvgIpc) is 3.09. The molecule has 176 valence electrons. The van der Waals surface area contributed by atoms with Crippen molar-refractivity contribution in [1.29, 1.82) is 0 Å². The molecule has 0 unspecified atom stereocenters. The molecule has 2 aliphatic rings. The lowest BCUT2D eigenvalue weighted by Crippen LogP contribution is -2.25. The smallest absolute Gasteiger partial charge is 0.197 e. The minimum Gasteiger partial charge on any atom is -0.490 e. The molecule has 0 aliphatic carbocycles. The van der Waals surface area contributed by atoms with Crippen LogP contribution >= 0.6 is 0 Å². The molecule has 8 heteroatoms. The van der Waals surface area contributed by atoms with Gasteiger partial charge in [0.25, 0.3) is 0 Å². The predicted molar refractivity (Wildman–Crippen MR) is 121 cm³/mol. The number of ether oxygens (including phenoxy) is 4. The highest BCUT2D eigenvalue weighted by atomic mass is 19.1. The van der Waals surface area contributed by atoms with Gasteiger partial charge in [-0.05, 0) is 44.2 Å². The Hall–Kier alpha value is -3.49. The maximum absolute atomic E-state index is 14.0.